The molecule has 34 heavy (non-hydrogen) atoms. The van der Waals surface area contributed by atoms with Crippen LogP contribution < -0.4 is 16.1 Å². The van der Waals surface area contributed by atoms with Crippen LogP contribution in [0.2, 0.25) is 0 Å². The normalized spacial score (nSPS) is 14.1. The number of aromatic amines is 1. The Hall–Kier alpha value is -4.14. The zero-order chi connectivity index (χ0) is 24.0. The number of anilines is 1. The summed E-state index contributed by atoms with van der Waals surface area (Å²) in [5.41, 5.74) is 1.62. The summed E-state index contributed by atoms with van der Waals surface area (Å²) in [7, 11) is 1.68. The van der Waals surface area contributed by atoms with Crippen LogP contribution in [0.15, 0.2) is 64.3 Å². The quantitative estimate of drug-likeness (QED) is 0.508. The molecule has 9 heteroatoms. The van der Waals surface area contributed by atoms with Crippen molar-refractivity contribution in [1.82, 2.24) is 19.0 Å². The minimum atomic E-state index is -0.606. The molecule has 1 amide bonds. The number of nitrogens with one attached hydrogen (secondary N) is 1. The van der Waals surface area contributed by atoms with Crippen molar-refractivity contribution in [3.63, 3.8) is 0 Å². The number of para-hydroxylation sites is 1. The second-order valence-electron chi connectivity index (χ2n) is 8.51. The summed E-state index contributed by atoms with van der Waals surface area (Å²) >= 11 is 0. The zero-order valence-electron chi connectivity index (χ0n) is 18.9. The van der Waals surface area contributed by atoms with E-state index < -0.39 is 11.2 Å². The highest BCUT2D eigenvalue weighted by molar-refractivity contribution is 6.05. The van der Waals surface area contributed by atoms with Crippen molar-refractivity contribution < 1.29 is 9.18 Å². The van der Waals surface area contributed by atoms with E-state index >= 15 is 0 Å². The fraction of sp³-hybridized carbons (Fsp3) is 0.240. The van der Waals surface area contributed by atoms with Crippen molar-refractivity contribution in [3.8, 4) is 5.69 Å². The number of H-pyrrole nitrogens is 1. The summed E-state index contributed by atoms with van der Waals surface area (Å²) in [6.45, 7) is 3.68. The Labute approximate surface area is 194 Å². The number of aromatic nitrogens is 3. The van der Waals surface area contributed by atoms with E-state index in [1.54, 1.807) is 53.0 Å². The van der Waals surface area contributed by atoms with Gasteiger partial charge in [0.05, 0.1) is 22.5 Å². The second kappa shape index (κ2) is 8.33. The van der Waals surface area contributed by atoms with Crippen LogP contribution in [0.3, 0.4) is 0 Å². The van der Waals surface area contributed by atoms with Gasteiger partial charge in [-0.25, -0.2) is 13.8 Å². The van der Waals surface area contributed by atoms with E-state index in [0.29, 0.717) is 37.6 Å². The van der Waals surface area contributed by atoms with Gasteiger partial charge in [-0.2, -0.15) is 0 Å². The number of amides is 1. The van der Waals surface area contributed by atoms with E-state index in [0.717, 1.165) is 10.1 Å². The van der Waals surface area contributed by atoms with Gasteiger partial charge in [0, 0.05) is 39.4 Å². The van der Waals surface area contributed by atoms with Gasteiger partial charge in [0.2, 0.25) is 0 Å². The zero-order valence-corrected chi connectivity index (χ0v) is 18.9. The Kier molecular flexibility index (Phi) is 5.31. The molecule has 0 spiro atoms. The molecule has 1 aliphatic rings. The number of nitrogens with zero attached hydrogens (tertiary/aromatic N) is 4. The van der Waals surface area contributed by atoms with Crippen molar-refractivity contribution in [2.24, 2.45) is 7.05 Å². The molecule has 1 aliphatic heterocycles. The van der Waals surface area contributed by atoms with E-state index in [2.05, 4.69) is 4.98 Å². The van der Waals surface area contributed by atoms with E-state index in [1.165, 1.54) is 6.07 Å². The van der Waals surface area contributed by atoms with Gasteiger partial charge < -0.3 is 19.4 Å². The molecule has 174 valence electrons. The summed E-state index contributed by atoms with van der Waals surface area (Å²) in [5.74, 6) is -0.569. The standard InChI is InChI=1S/C25H24FN5O3/c1-16-7-9-17(10-8-16)31-24(33)22-21(27-25(31)34)18(15-28(22)2)23(32)30-13-11-29(12-14-30)20-6-4-3-5-19(20)26/h3-10,15H,11-14H2,1-2H3,(H,27,34). The number of halogens is 1. The van der Waals surface area contributed by atoms with Gasteiger partial charge in [0.1, 0.15) is 11.3 Å². The number of hydrogen-bond donors (Lipinski definition) is 1. The fourth-order valence-electron chi connectivity index (χ4n) is 4.49. The van der Waals surface area contributed by atoms with Crippen LogP contribution in [0.1, 0.15) is 15.9 Å². The third kappa shape index (κ3) is 3.59. The molecule has 8 nitrogen and oxygen atoms in total. The first kappa shape index (κ1) is 21.7. The van der Waals surface area contributed by atoms with E-state index in [1.807, 2.05) is 24.0 Å². The summed E-state index contributed by atoms with van der Waals surface area (Å²) in [5, 5.41) is 0. The number of rotatable bonds is 3. The summed E-state index contributed by atoms with van der Waals surface area (Å²) < 4.78 is 16.8. The summed E-state index contributed by atoms with van der Waals surface area (Å²) in [6, 6.07) is 13.6. The minimum Gasteiger partial charge on any atom is -0.366 e. The van der Waals surface area contributed by atoms with Crippen LogP contribution in [0.4, 0.5) is 10.1 Å². The van der Waals surface area contributed by atoms with E-state index in [9.17, 15) is 18.8 Å². The third-order valence-electron chi connectivity index (χ3n) is 6.30. The average Bonchev–Trinajstić information content (AvgIpc) is 3.16. The van der Waals surface area contributed by atoms with Crippen LogP contribution in [0.25, 0.3) is 16.7 Å². The fourth-order valence-corrected chi connectivity index (χ4v) is 4.49. The molecular weight excluding hydrogens is 437 g/mol. The van der Waals surface area contributed by atoms with Crippen molar-refractivity contribution in [2.75, 3.05) is 31.1 Å². The predicted molar refractivity (Wildman–Crippen MR) is 128 cm³/mol. The number of aryl methyl sites for hydroxylation is 2. The molecule has 1 fully saturated rings. The van der Waals surface area contributed by atoms with Crippen LogP contribution in [0.5, 0.6) is 0 Å². The Bertz CT molecular complexity index is 1510. The molecule has 0 radical (unpaired) electrons. The lowest BCUT2D eigenvalue weighted by Crippen LogP contribution is -2.49. The maximum atomic E-state index is 14.1. The molecule has 3 heterocycles. The maximum Gasteiger partial charge on any atom is 0.333 e. The number of carbonyl (C=O) groups excluding carboxylic acids is 1. The van der Waals surface area contributed by atoms with Gasteiger partial charge in [0.25, 0.3) is 11.5 Å². The molecule has 0 saturated carbocycles. The highest BCUT2D eigenvalue weighted by Crippen LogP contribution is 2.22. The summed E-state index contributed by atoms with van der Waals surface area (Å²) in [6.07, 6.45) is 1.58. The molecule has 0 atom stereocenters. The third-order valence-corrected chi connectivity index (χ3v) is 6.30. The smallest absolute Gasteiger partial charge is 0.333 e. The highest BCUT2D eigenvalue weighted by Gasteiger charge is 2.27. The Morgan fingerprint density at radius 3 is 2.32 bits per heavy atom. The first-order valence-electron chi connectivity index (χ1n) is 11.1. The predicted octanol–water partition coefficient (Wildman–Crippen LogP) is 2.43. The van der Waals surface area contributed by atoms with Gasteiger partial charge in [-0.15, -0.1) is 0 Å². The molecule has 0 unspecified atom stereocenters. The first-order valence-corrected chi connectivity index (χ1v) is 11.1. The lowest BCUT2D eigenvalue weighted by molar-refractivity contribution is 0.0748. The van der Waals surface area contributed by atoms with Crippen LogP contribution in [0, 0.1) is 12.7 Å². The number of piperazine rings is 1. The largest absolute Gasteiger partial charge is 0.366 e. The summed E-state index contributed by atoms with van der Waals surface area (Å²) in [4.78, 5) is 45.8. The first-order chi connectivity index (χ1) is 16.3. The number of carbonyl (C=O) groups is 1. The van der Waals surface area contributed by atoms with Gasteiger partial charge >= 0.3 is 5.69 Å². The Morgan fingerprint density at radius 2 is 1.65 bits per heavy atom. The molecule has 1 N–H and O–H groups in total. The lowest BCUT2D eigenvalue weighted by Gasteiger charge is -2.36. The van der Waals surface area contributed by atoms with Crippen LogP contribution in [-0.2, 0) is 7.05 Å². The minimum absolute atomic E-state index is 0.224. The van der Waals surface area contributed by atoms with Gasteiger partial charge in [-0.1, -0.05) is 29.8 Å². The average molecular weight is 461 g/mol. The van der Waals surface area contributed by atoms with Gasteiger partial charge in [-0.3, -0.25) is 9.59 Å². The van der Waals surface area contributed by atoms with E-state index in [4.69, 9.17) is 0 Å². The van der Waals surface area contributed by atoms with Crippen molar-refractivity contribution >= 4 is 22.6 Å². The molecule has 5 rings (SSSR count). The number of fused-ring (bicyclic) bond motifs is 1. The van der Waals surface area contributed by atoms with Gasteiger partial charge in [-0.05, 0) is 31.2 Å². The maximum absolute atomic E-state index is 14.1. The Balaban J connectivity index is 1.46. The van der Waals surface area contributed by atoms with Crippen LogP contribution in [-0.4, -0.2) is 51.1 Å². The van der Waals surface area contributed by atoms with Crippen molar-refractivity contribution in [1.29, 1.82) is 0 Å². The SMILES string of the molecule is Cc1ccc(-n2c(=O)[nH]c3c(C(=O)N4CCN(c5ccccc5F)CC4)cn(C)c3c2=O)cc1. The molecule has 2 aromatic heterocycles. The molecule has 4 aromatic rings. The number of hydrogen-bond acceptors (Lipinski definition) is 4. The lowest BCUT2D eigenvalue weighted by atomic mass is 10.2. The topological polar surface area (TPSA) is 83.3 Å². The Morgan fingerprint density at radius 1 is 0.971 bits per heavy atom. The molecule has 0 aliphatic carbocycles. The number of benzene rings is 2. The monoisotopic (exact) mass is 461 g/mol. The van der Waals surface area contributed by atoms with Crippen molar-refractivity contribution in [3.05, 3.63) is 92.5 Å². The molecule has 0 bridgehead atoms. The molecule has 1 saturated heterocycles. The second-order valence-corrected chi connectivity index (χ2v) is 8.51. The van der Waals surface area contributed by atoms with E-state index in [-0.39, 0.29) is 28.3 Å². The molecule has 2 aromatic carbocycles. The molecular formula is C25H24FN5O3. The highest BCUT2D eigenvalue weighted by atomic mass is 19.1. The van der Waals surface area contributed by atoms with Crippen molar-refractivity contribution in [2.45, 2.75) is 6.92 Å². The van der Waals surface area contributed by atoms with Gasteiger partial charge in [0.15, 0.2) is 0 Å². The van der Waals surface area contributed by atoms with Crippen LogP contribution >= 0.6 is 0 Å².